The second kappa shape index (κ2) is 6.57. The normalized spacial score (nSPS) is 14.7. The van der Waals surface area contributed by atoms with E-state index in [0.717, 1.165) is 48.6 Å². The molecule has 0 spiro atoms. The average molecular weight is 335 g/mol. The summed E-state index contributed by atoms with van der Waals surface area (Å²) in [6.45, 7) is 6.22. The van der Waals surface area contributed by atoms with Crippen LogP contribution in [0, 0.1) is 6.92 Å². The Hall–Kier alpha value is -2.86. The van der Waals surface area contributed by atoms with Gasteiger partial charge < -0.3 is 20.5 Å². The van der Waals surface area contributed by atoms with Crippen LogP contribution in [0.15, 0.2) is 36.4 Å². The number of aromatic amines is 1. The fraction of sp³-hybridized carbons (Fsp3) is 0.263. The number of aryl methyl sites for hydroxylation is 1. The van der Waals surface area contributed by atoms with Crippen LogP contribution < -0.4 is 15.5 Å². The van der Waals surface area contributed by atoms with Crippen LogP contribution in [-0.2, 0) is 4.79 Å². The predicted molar refractivity (Wildman–Crippen MR) is 101 cm³/mol. The van der Waals surface area contributed by atoms with Crippen LogP contribution in [0.25, 0.3) is 22.4 Å². The Morgan fingerprint density at radius 3 is 2.80 bits per heavy atom. The largest absolute Gasteiger partial charge is 0.369 e. The smallest absolute Gasteiger partial charge is 0.211 e. The van der Waals surface area contributed by atoms with Gasteiger partial charge in [0.2, 0.25) is 6.41 Å². The lowest BCUT2D eigenvalue weighted by Gasteiger charge is -2.29. The summed E-state index contributed by atoms with van der Waals surface area (Å²) < 4.78 is 0. The molecule has 6 nitrogen and oxygen atoms in total. The van der Waals surface area contributed by atoms with E-state index in [1.165, 1.54) is 11.3 Å². The zero-order valence-corrected chi connectivity index (χ0v) is 14.2. The molecule has 1 aliphatic heterocycles. The molecule has 0 bridgehead atoms. The topological polar surface area (TPSA) is 73.0 Å². The fourth-order valence-electron chi connectivity index (χ4n) is 3.37. The molecule has 128 valence electrons. The molecule has 25 heavy (non-hydrogen) atoms. The summed E-state index contributed by atoms with van der Waals surface area (Å²) in [6, 6.07) is 12.2. The molecule has 1 aliphatic rings. The van der Waals surface area contributed by atoms with E-state index in [2.05, 4.69) is 45.6 Å². The Morgan fingerprint density at radius 2 is 2.04 bits per heavy atom. The van der Waals surface area contributed by atoms with E-state index in [9.17, 15) is 4.79 Å². The van der Waals surface area contributed by atoms with Crippen molar-refractivity contribution < 1.29 is 4.79 Å². The van der Waals surface area contributed by atoms with Gasteiger partial charge >= 0.3 is 0 Å². The standard InChI is InChI=1S/C19H21N5O/c1-13-11-14(24-9-7-20-8-10-24)5-6-15(13)19-22-17-4-2-3-16(21-12-25)18(17)23-19/h2-6,11-12,20H,7-10H2,1H3,(H,21,25)(H,22,23). The van der Waals surface area contributed by atoms with Gasteiger partial charge in [0.05, 0.1) is 11.2 Å². The van der Waals surface area contributed by atoms with Crippen molar-refractivity contribution in [3.05, 3.63) is 42.0 Å². The van der Waals surface area contributed by atoms with E-state index in [-0.39, 0.29) is 0 Å². The van der Waals surface area contributed by atoms with Gasteiger partial charge in [0.25, 0.3) is 0 Å². The minimum absolute atomic E-state index is 0.677. The number of fused-ring (bicyclic) bond motifs is 1. The molecule has 2 aromatic carbocycles. The molecule has 1 aromatic heterocycles. The first-order chi connectivity index (χ1) is 12.3. The van der Waals surface area contributed by atoms with Gasteiger partial charge in [-0.15, -0.1) is 0 Å². The average Bonchev–Trinajstić information content (AvgIpc) is 3.07. The Balaban J connectivity index is 1.70. The van der Waals surface area contributed by atoms with Crippen LogP contribution in [0.4, 0.5) is 11.4 Å². The van der Waals surface area contributed by atoms with Gasteiger partial charge in [-0.25, -0.2) is 4.98 Å². The zero-order chi connectivity index (χ0) is 17.2. The highest BCUT2D eigenvalue weighted by Gasteiger charge is 2.14. The van der Waals surface area contributed by atoms with E-state index < -0.39 is 0 Å². The van der Waals surface area contributed by atoms with Crippen LogP contribution >= 0.6 is 0 Å². The molecule has 1 saturated heterocycles. The summed E-state index contributed by atoms with van der Waals surface area (Å²) >= 11 is 0. The first-order valence-corrected chi connectivity index (χ1v) is 8.52. The maximum Gasteiger partial charge on any atom is 0.211 e. The Bertz CT molecular complexity index is 911. The number of carbonyl (C=O) groups is 1. The molecule has 0 radical (unpaired) electrons. The van der Waals surface area contributed by atoms with Gasteiger partial charge in [-0.1, -0.05) is 6.07 Å². The van der Waals surface area contributed by atoms with E-state index in [1.807, 2.05) is 18.2 Å². The number of aromatic nitrogens is 2. The van der Waals surface area contributed by atoms with Crippen LogP contribution in [0.5, 0.6) is 0 Å². The molecular formula is C19H21N5O. The Morgan fingerprint density at radius 1 is 1.20 bits per heavy atom. The summed E-state index contributed by atoms with van der Waals surface area (Å²) in [5.74, 6) is 0.819. The number of hydrogen-bond acceptors (Lipinski definition) is 4. The SMILES string of the molecule is Cc1cc(N2CCNCC2)ccc1-c1nc2c(NC=O)cccc2[nH]1. The van der Waals surface area contributed by atoms with Gasteiger partial charge in [-0.05, 0) is 42.8 Å². The monoisotopic (exact) mass is 335 g/mol. The van der Waals surface area contributed by atoms with E-state index in [4.69, 9.17) is 4.98 Å². The van der Waals surface area contributed by atoms with Crippen LogP contribution in [0.3, 0.4) is 0 Å². The molecule has 3 N–H and O–H groups in total. The highest BCUT2D eigenvalue weighted by molar-refractivity contribution is 5.94. The van der Waals surface area contributed by atoms with E-state index in [0.29, 0.717) is 12.1 Å². The van der Waals surface area contributed by atoms with Crippen LogP contribution in [-0.4, -0.2) is 42.6 Å². The molecule has 1 amide bonds. The molecule has 2 heterocycles. The van der Waals surface area contributed by atoms with Crippen molar-refractivity contribution >= 4 is 28.8 Å². The highest BCUT2D eigenvalue weighted by Crippen LogP contribution is 2.29. The number of amides is 1. The molecular weight excluding hydrogens is 314 g/mol. The van der Waals surface area contributed by atoms with Gasteiger partial charge in [0, 0.05) is 37.4 Å². The number of hydrogen-bond donors (Lipinski definition) is 3. The summed E-state index contributed by atoms with van der Waals surface area (Å²) in [4.78, 5) is 21.2. The second-order valence-corrected chi connectivity index (χ2v) is 6.29. The van der Waals surface area contributed by atoms with Crippen molar-refractivity contribution in [1.82, 2.24) is 15.3 Å². The lowest BCUT2D eigenvalue weighted by atomic mass is 10.1. The van der Waals surface area contributed by atoms with Crippen LogP contribution in [0.2, 0.25) is 0 Å². The summed E-state index contributed by atoms with van der Waals surface area (Å²) in [5.41, 5.74) is 5.90. The molecule has 0 unspecified atom stereocenters. The molecule has 0 aliphatic carbocycles. The van der Waals surface area contributed by atoms with E-state index >= 15 is 0 Å². The number of piperazine rings is 1. The summed E-state index contributed by atoms with van der Waals surface area (Å²) in [7, 11) is 0. The van der Waals surface area contributed by atoms with Gasteiger partial charge in [0.15, 0.2) is 0 Å². The van der Waals surface area contributed by atoms with Gasteiger partial charge in [-0.3, -0.25) is 4.79 Å². The number of nitrogens with one attached hydrogen (secondary N) is 3. The number of para-hydroxylation sites is 1. The maximum atomic E-state index is 10.8. The third-order valence-electron chi connectivity index (χ3n) is 4.67. The number of anilines is 2. The van der Waals surface area contributed by atoms with Crippen molar-refractivity contribution in [2.75, 3.05) is 36.4 Å². The van der Waals surface area contributed by atoms with Crippen molar-refractivity contribution in [2.24, 2.45) is 0 Å². The maximum absolute atomic E-state index is 10.8. The molecule has 6 heteroatoms. The molecule has 0 atom stereocenters. The number of H-pyrrole nitrogens is 1. The number of nitrogens with zero attached hydrogens (tertiary/aromatic N) is 2. The van der Waals surface area contributed by atoms with Gasteiger partial charge in [-0.2, -0.15) is 0 Å². The number of rotatable bonds is 4. The predicted octanol–water partition coefficient (Wildman–Crippen LogP) is 2.52. The highest BCUT2D eigenvalue weighted by atomic mass is 16.1. The molecule has 1 fully saturated rings. The minimum atomic E-state index is 0.677. The molecule has 4 rings (SSSR count). The number of imidazole rings is 1. The summed E-state index contributed by atoms with van der Waals surface area (Å²) in [6.07, 6.45) is 0.677. The Kier molecular flexibility index (Phi) is 4.11. The molecule has 0 saturated carbocycles. The molecule has 3 aromatic rings. The van der Waals surface area contributed by atoms with Crippen molar-refractivity contribution in [3.8, 4) is 11.4 Å². The van der Waals surface area contributed by atoms with Crippen molar-refractivity contribution in [1.29, 1.82) is 0 Å². The van der Waals surface area contributed by atoms with Crippen LogP contribution in [0.1, 0.15) is 5.56 Å². The lowest BCUT2D eigenvalue weighted by Crippen LogP contribution is -2.43. The lowest BCUT2D eigenvalue weighted by molar-refractivity contribution is -0.105. The first-order valence-electron chi connectivity index (χ1n) is 8.52. The number of benzene rings is 2. The van der Waals surface area contributed by atoms with Gasteiger partial charge in [0.1, 0.15) is 11.3 Å². The number of carbonyl (C=O) groups excluding carboxylic acids is 1. The van der Waals surface area contributed by atoms with Crippen molar-refractivity contribution in [3.63, 3.8) is 0 Å². The van der Waals surface area contributed by atoms with Crippen molar-refractivity contribution in [2.45, 2.75) is 6.92 Å². The Labute approximate surface area is 146 Å². The first kappa shape index (κ1) is 15.7. The minimum Gasteiger partial charge on any atom is -0.369 e. The third kappa shape index (κ3) is 2.96. The fourth-order valence-corrected chi connectivity index (χ4v) is 3.37. The second-order valence-electron chi connectivity index (χ2n) is 6.29. The third-order valence-corrected chi connectivity index (χ3v) is 4.67. The summed E-state index contributed by atoms with van der Waals surface area (Å²) in [5, 5.41) is 6.09. The van der Waals surface area contributed by atoms with E-state index in [1.54, 1.807) is 0 Å². The quantitative estimate of drug-likeness (QED) is 0.641. The zero-order valence-electron chi connectivity index (χ0n) is 14.2.